The summed E-state index contributed by atoms with van der Waals surface area (Å²) < 4.78 is 43.0. The number of methoxy groups -OCH3 is 3. The van der Waals surface area contributed by atoms with Crippen molar-refractivity contribution in [3.8, 4) is 17.2 Å². The molecule has 2 aromatic carbocycles. The average molecular weight is 323 g/mol. The molecule has 6 nitrogen and oxygen atoms in total. The zero-order chi connectivity index (χ0) is 16.2. The van der Waals surface area contributed by atoms with E-state index in [-0.39, 0.29) is 16.3 Å². The van der Waals surface area contributed by atoms with Gasteiger partial charge in [0.2, 0.25) is 0 Å². The highest BCUT2D eigenvalue weighted by atomic mass is 32.2. The molecule has 1 N–H and O–H groups in total. The lowest BCUT2D eigenvalue weighted by atomic mass is 10.3. The van der Waals surface area contributed by atoms with Crippen LogP contribution in [0, 0.1) is 0 Å². The zero-order valence-corrected chi connectivity index (χ0v) is 13.3. The van der Waals surface area contributed by atoms with E-state index in [4.69, 9.17) is 14.2 Å². The largest absolute Gasteiger partial charge is 0.497 e. The number of nitrogens with one attached hydrogen (secondary N) is 1. The summed E-state index contributed by atoms with van der Waals surface area (Å²) in [5.74, 6) is 1.16. The van der Waals surface area contributed by atoms with Crippen LogP contribution in [0.25, 0.3) is 0 Å². The van der Waals surface area contributed by atoms with Crippen molar-refractivity contribution in [3.05, 3.63) is 42.5 Å². The van der Waals surface area contributed by atoms with E-state index in [1.54, 1.807) is 36.4 Å². The summed E-state index contributed by atoms with van der Waals surface area (Å²) in [6.45, 7) is 0. The van der Waals surface area contributed by atoms with Crippen molar-refractivity contribution in [2.45, 2.75) is 4.90 Å². The molecular formula is C15H17NO5S. The molecule has 0 amide bonds. The number of sulfonamides is 1. The maximum absolute atomic E-state index is 12.6. The number of anilines is 1. The van der Waals surface area contributed by atoms with E-state index >= 15 is 0 Å². The van der Waals surface area contributed by atoms with Crippen LogP contribution in [0.15, 0.2) is 47.4 Å². The number of hydrogen-bond donors (Lipinski definition) is 1. The summed E-state index contributed by atoms with van der Waals surface area (Å²) in [6, 6.07) is 11.2. The Kier molecular flexibility index (Phi) is 4.77. The van der Waals surface area contributed by atoms with E-state index in [1.165, 1.54) is 27.4 Å². The summed E-state index contributed by atoms with van der Waals surface area (Å²) in [7, 11) is 0.554. The molecule has 0 spiro atoms. The van der Waals surface area contributed by atoms with Gasteiger partial charge >= 0.3 is 0 Å². The molecule has 7 heteroatoms. The van der Waals surface area contributed by atoms with Gasteiger partial charge in [-0.1, -0.05) is 12.1 Å². The summed E-state index contributed by atoms with van der Waals surface area (Å²) in [4.78, 5) is 0.0439. The highest BCUT2D eigenvalue weighted by Crippen LogP contribution is 2.32. The predicted molar refractivity (Wildman–Crippen MR) is 83.3 cm³/mol. The first-order valence-corrected chi connectivity index (χ1v) is 7.88. The van der Waals surface area contributed by atoms with Gasteiger partial charge in [0.05, 0.1) is 27.0 Å². The minimum Gasteiger partial charge on any atom is -0.497 e. The molecule has 0 bridgehead atoms. The lowest BCUT2D eigenvalue weighted by Crippen LogP contribution is -2.14. The molecule has 0 heterocycles. The van der Waals surface area contributed by atoms with Crippen LogP contribution in [0.1, 0.15) is 0 Å². The minimum atomic E-state index is -3.82. The second kappa shape index (κ2) is 6.57. The predicted octanol–water partition coefficient (Wildman–Crippen LogP) is 2.51. The van der Waals surface area contributed by atoms with E-state index in [1.807, 2.05) is 0 Å². The van der Waals surface area contributed by atoms with Gasteiger partial charge in [0.15, 0.2) is 0 Å². The molecule has 2 aromatic rings. The molecule has 0 aliphatic heterocycles. The fourth-order valence-electron chi connectivity index (χ4n) is 1.93. The molecular weight excluding hydrogens is 306 g/mol. The Balaban J connectivity index is 2.44. The number of para-hydroxylation sites is 1. The van der Waals surface area contributed by atoms with E-state index in [9.17, 15) is 8.42 Å². The normalized spacial score (nSPS) is 10.9. The van der Waals surface area contributed by atoms with Gasteiger partial charge in [0.25, 0.3) is 10.0 Å². The van der Waals surface area contributed by atoms with E-state index < -0.39 is 10.0 Å². The highest BCUT2D eigenvalue weighted by molar-refractivity contribution is 7.92. The average Bonchev–Trinajstić information content (AvgIpc) is 2.54. The highest BCUT2D eigenvalue weighted by Gasteiger charge is 2.21. The molecule has 0 saturated carbocycles. The summed E-state index contributed by atoms with van der Waals surface area (Å²) in [5.41, 5.74) is 0.285. The van der Waals surface area contributed by atoms with Crippen LogP contribution in [0.3, 0.4) is 0 Å². The Morgan fingerprint density at radius 3 is 2.18 bits per heavy atom. The van der Waals surface area contributed by atoms with Crippen LogP contribution < -0.4 is 18.9 Å². The standard InChI is InChI=1S/C15H17NO5S/c1-19-11-8-9-13(20-2)12(10-11)16-22(17,18)15-7-5-4-6-14(15)21-3/h4-10,16H,1-3H3. The third-order valence-corrected chi connectivity index (χ3v) is 4.41. The number of hydrogen-bond acceptors (Lipinski definition) is 5. The van der Waals surface area contributed by atoms with Crippen molar-refractivity contribution in [2.75, 3.05) is 26.1 Å². The lowest BCUT2D eigenvalue weighted by molar-refractivity contribution is 0.402. The molecule has 0 saturated heterocycles. The van der Waals surface area contributed by atoms with Crippen LogP contribution in [0.2, 0.25) is 0 Å². The van der Waals surface area contributed by atoms with E-state index in [2.05, 4.69) is 4.72 Å². The first kappa shape index (κ1) is 16.0. The summed E-state index contributed by atoms with van der Waals surface area (Å²) >= 11 is 0. The second-order valence-electron chi connectivity index (χ2n) is 4.32. The Labute approximate surface area is 129 Å². The van der Waals surface area contributed by atoms with Crippen molar-refractivity contribution in [2.24, 2.45) is 0 Å². The minimum absolute atomic E-state index is 0.0439. The Morgan fingerprint density at radius 1 is 0.864 bits per heavy atom. The van der Waals surface area contributed by atoms with E-state index in [0.29, 0.717) is 11.5 Å². The topological polar surface area (TPSA) is 73.9 Å². The molecule has 0 radical (unpaired) electrons. The van der Waals surface area contributed by atoms with Gasteiger partial charge in [-0.25, -0.2) is 8.42 Å². The van der Waals surface area contributed by atoms with Gasteiger partial charge in [-0.2, -0.15) is 0 Å². The van der Waals surface area contributed by atoms with Gasteiger partial charge in [-0.15, -0.1) is 0 Å². The Hall–Kier alpha value is -2.41. The summed E-state index contributed by atoms with van der Waals surface area (Å²) in [5, 5.41) is 0. The number of benzene rings is 2. The summed E-state index contributed by atoms with van der Waals surface area (Å²) in [6.07, 6.45) is 0. The van der Waals surface area contributed by atoms with Crippen molar-refractivity contribution < 1.29 is 22.6 Å². The van der Waals surface area contributed by atoms with Crippen LogP contribution >= 0.6 is 0 Å². The van der Waals surface area contributed by atoms with Crippen LogP contribution in [0.4, 0.5) is 5.69 Å². The van der Waals surface area contributed by atoms with Crippen molar-refractivity contribution in [3.63, 3.8) is 0 Å². The monoisotopic (exact) mass is 323 g/mol. The number of rotatable bonds is 6. The van der Waals surface area contributed by atoms with Crippen molar-refractivity contribution >= 4 is 15.7 Å². The maximum Gasteiger partial charge on any atom is 0.265 e. The Morgan fingerprint density at radius 2 is 1.55 bits per heavy atom. The third kappa shape index (κ3) is 3.25. The van der Waals surface area contributed by atoms with Crippen LogP contribution in [-0.2, 0) is 10.0 Å². The van der Waals surface area contributed by atoms with Crippen molar-refractivity contribution in [1.29, 1.82) is 0 Å². The lowest BCUT2D eigenvalue weighted by Gasteiger charge is -2.14. The molecule has 118 valence electrons. The van der Waals surface area contributed by atoms with Gasteiger partial charge in [-0.05, 0) is 24.3 Å². The van der Waals surface area contributed by atoms with Crippen LogP contribution in [-0.4, -0.2) is 29.7 Å². The SMILES string of the molecule is COc1ccc(OC)c(NS(=O)(=O)c2ccccc2OC)c1. The quantitative estimate of drug-likeness (QED) is 0.884. The van der Waals surface area contributed by atoms with Crippen LogP contribution in [0.5, 0.6) is 17.2 Å². The second-order valence-corrected chi connectivity index (χ2v) is 5.97. The smallest absolute Gasteiger partial charge is 0.265 e. The van der Waals surface area contributed by atoms with Gasteiger partial charge in [0, 0.05) is 6.07 Å². The first-order valence-electron chi connectivity index (χ1n) is 6.39. The maximum atomic E-state index is 12.6. The molecule has 2 rings (SSSR count). The molecule has 0 unspecified atom stereocenters. The molecule has 0 atom stereocenters. The molecule has 0 aliphatic rings. The van der Waals surface area contributed by atoms with Gasteiger partial charge < -0.3 is 14.2 Å². The number of ether oxygens (including phenoxy) is 3. The third-order valence-electron chi connectivity index (χ3n) is 3.01. The fraction of sp³-hybridized carbons (Fsp3) is 0.200. The Bertz CT molecular complexity index is 758. The first-order chi connectivity index (χ1) is 10.5. The molecule has 0 aliphatic carbocycles. The molecule has 0 fully saturated rings. The fourth-order valence-corrected chi connectivity index (χ4v) is 3.17. The van der Waals surface area contributed by atoms with Gasteiger partial charge in [-0.3, -0.25) is 4.72 Å². The van der Waals surface area contributed by atoms with E-state index in [0.717, 1.165) is 0 Å². The molecule has 0 aromatic heterocycles. The molecule has 22 heavy (non-hydrogen) atoms. The van der Waals surface area contributed by atoms with Gasteiger partial charge in [0.1, 0.15) is 22.1 Å². The zero-order valence-electron chi connectivity index (χ0n) is 12.5. The van der Waals surface area contributed by atoms with Crippen molar-refractivity contribution in [1.82, 2.24) is 0 Å².